The first-order chi connectivity index (χ1) is 5.55. The van der Waals surface area contributed by atoms with Crippen LogP contribution >= 0.6 is 0 Å². The molecule has 0 amide bonds. The van der Waals surface area contributed by atoms with Gasteiger partial charge in [-0.2, -0.15) is 0 Å². The van der Waals surface area contributed by atoms with E-state index in [0.717, 1.165) is 32.1 Å². The molecule has 2 aliphatic carbocycles. The van der Waals surface area contributed by atoms with Gasteiger partial charge in [-0.05, 0) is 0 Å². The van der Waals surface area contributed by atoms with Crippen LogP contribution in [0.2, 0.25) is 5.82 Å². The van der Waals surface area contributed by atoms with E-state index >= 15 is 0 Å². The van der Waals surface area contributed by atoms with E-state index in [1.807, 2.05) is 0 Å². The minimum absolute atomic E-state index is 0.267. The van der Waals surface area contributed by atoms with E-state index in [1.54, 1.807) is 0 Å². The lowest BCUT2D eigenvalue weighted by molar-refractivity contribution is 0.320. The van der Waals surface area contributed by atoms with Crippen LogP contribution in [0.5, 0.6) is 0 Å². The molecule has 0 aromatic rings. The normalized spacial score (nSPS) is 33.8. The van der Waals surface area contributed by atoms with Crippen molar-refractivity contribution in [2.45, 2.75) is 44.3 Å². The molecule has 0 aliphatic heterocycles. The molecule has 2 fully saturated rings. The second-order valence-electron chi connectivity index (χ2n) is 4.36. The summed E-state index contributed by atoms with van der Waals surface area (Å²) in [4.78, 5) is 0. The smallest absolute Gasteiger partial charge is 0.449 e. The highest BCUT2D eigenvalue weighted by atomic mass is 19.4. The predicted octanol–water partition coefficient (Wildman–Crippen LogP) is 3.56. The molecule has 0 saturated heterocycles. The van der Waals surface area contributed by atoms with Crippen molar-refractivity contribution in [1.82, 2.24) is 0 Å². The van der Waals surface area contributed by atoms with Crippen LogP contribution in [0.25, 0.3) is 0 Å². The lowest BCUT2D eigenvalue weighted by atomic mass is 9.72. The molecule has 4 heteroatoms. The quantitative estimate of drug-likeness (QED) is 0.537. The average molecular weight is 177 g/mol. The Bertz CT molecular complexity index is 181. The van der Waals surface area contributed by atoms with Crippen LogP contribution in [0.3, 0.4) is 0 Å². The molecule has 1 unspecified atom stereocenters. The Kier molecular flexibility index (Phi) is 1.71. The molecule has 0 bridgehead atoms. The molecule has 2 aliphatic rings. The Labute approximate surface area is 70.6 Å². The van der Waals surface area contributed by atoms with Gasteiger partial charge in [0.05, 0.1) is 0 Å². The molecule has 12 heavy (non-hydrogen) atoms. The van der Waals surface area contributed by atoms with Crippen LogP contribution in [0.1, 0.15) is 38.5 Å². The third-order valence-corrected chi connectivity index (χ3v) is 3.56. The second kappa shape index (κ2) is 2.42. The predicted molar refractivity (Wildman–Crippen MR) is 43.0 cm³/mol. The van der Waals surface area contributed by atoms with E-state index < -0.39 is 12.8 Å². The van der Waals surface area contributed by atoms with E-state index in [0.29, 0.717) is 6.42 Å². The monoisotopic (exact) mass is 177 g/mol. The van der Waals surface area contributed by atoms with Crippen LogP contribution in [0.4, 0.5) is 12.9 Å². The van der Waals surface area contributed by atoms with Crippen molar-refractivity contribution in [2.75, 3.05) is 0 Å². The van der Waals surface area contributed by atoms with Crippen molar-refractivity contribution in [1.29, 1.82) is 0 Å². The first-order valence-corrected chi connectivity index (χ1v) is 4.75. The summed E-state index contributed by atoms with van der Waals surface area (Å²) in [6.07, 6.45) is 5.28. The maximum atomic E-state index is 12.3. The number of hydrogen-bond donors (Lipinski definition) is 0. The molecule has 0 radical (unpaired) electrons. The Morgan fingerprint density at radius 2 is 1.58 bits per heavy atom. The summed E-state index contributed by atoms with van der Waals surface area (Å²) in [6.45, 7) is -4.53. The van der Waals surface area contributed by atoms with E-state index in [-0.39, 0.29) is 5.41 Å². The fourth-order valence-corrected chi connectivity index (χ4v) is 2.74. The lowest BCUT2D eigenvalue weighted by Crippen LogP contribution is -2.21. The van der Waals surface area contributed by atoms with Gasteiger partial charge >= 0.3 is 6.98 Å². The van der Waals surface area contributed by atoms with Gasteiger partial charge in [-0.15, -0.1) is 0 Å². The van der Waals surface area contributed by atoms with Crippen LogP contribution < -0.4 is 0 Å². The molecular formula is C8H13BF3-. The van der Waals surface area contributed by atoms with Gasteiger partial charge in [0.15, 0.2) is 0 Å². The molecule has 1 spiro atoms. The Balaban J connectivity index is 1.99. The number of halogens is 3. The topological polar surface area (TPSA) is 0 Å². The van der Waals surface area contributed by atoms with E-state index in [4.69, 9.17) is 0 Å². The summed E-state index contributed by atoms with van der Waals surface area (Å²) < 4.78 is 37.0. The van der Waals surface area contributed by atoms with Crippen molar-refractivity contribution in [2.24, 2.45) is 5.41 Å². The summed E-state index contributed by atoms with van der Waals surface area (Å²) in [6, 6.07) is 0. The van der Waals surface area contributed by atoms with Crippen LogP contribution in [-0.2, 0) is 0 Å². The van der Waals surface area contributed by atoms with Crippen molar-refractivity contribution in [3.8, 4) is 0 Å². The fraction of sp³-hybridized carbons (Fsp3) is 1.00. The zero-order valence-corrected chi connectivity index (χ0v) is 7.03. The maximum absolute atomic E-state index is 12.3. The number of hydrogen-bond acceptors (Lipinski definition) is 0. The molecule has 2 rings (SSSR count). The van der Waals surface area contributed by atoms with E-state index in [2.05, 4.69) is 0 Å². The van der Waals surface area contributed by atoms with Crippen molar-refractivity contribution < 1.29 is 12.9 Å². The summed E-state index contributed by atoms with van der Waals surface area (Å²) in [5.41, 5.74) is -0.267. The first-order valence-electron chi connectivity index (χ1n) is 4.75. The lowest BCUT2D eigenvalue weighted by Gasteiger charge is -2.26. The highest BCUT2D eigenvalue weighted by Gasteiger charge is 2.61. The van der Waals surface area contributed by atoms with Crippen molar-refractivity contribution in [3.05, 3.63) is 0 Å². The minimum atomic E-state index is -4.53. The number of rotatable bonds is 1. The van der Waals surface area contributed by atoms with Crippen LogP contribution in [0.15, 0.2) is 0 Å². The van der Waals surface area contributed by atoms with E-state index in [9.17, 15) is 12.9 Å². The zero-order chi connectivity index (χ0) is 8.82. The van der Waals surface area contributed by atoms with Gasteiger partial charge in [-0.1, -0.05) is 49.8 Å². The summed E-state index contributed by atoms with van der Waals surface area (Å²) in [7, 11) is 0. The molecule has 70 valence electrons. The summed E-state index contributed by atoms with van der Waals surface area (Å²) in [5, 5.41) is 0. The molecule has 0 aromatic carbocycles. The van der Waals surface area contributed by atoms with Gasteiger partial charge in [0.2, 0.25) is 0 Å². The van der Waals surface area contributed by atoms with Gasteiger partial charge in [0, 0.05) is 0 Å². The highest BCUT2D eigenvalue weighted by Crippen LogP contribution is 2.69. The second-order valence-corrected chi connectivity index (χ2v) is 4.36. The maximum Gasteiger partial charge on any atom is 0.481 e. The third-order valence-electron chi connectivity index (χ3n) is 3.56. The first kappa shape index (κ1) is 8.45. The van der Waals surface area contributed by atoms with Crippen molar-refractivity contribution in [3.63, 3.8) is 0 Å². The van der Waals surface area contributed by atoms with Gasteiger partial charge in [0.1, 0.15) is 0 Å². The Morgan fingerprint density at radius 1 is 1.00 bits per heavy atom. The Hall–Kier alpha value is -0.145. The fourth-order valence-electron chi connectivity index (χ4n) is 2.74. The summed E-state index contributed by atoms with van der Waals surface area (Å²) in [5.74, 6) is -0.891. The summed E-state index contributed by atoms with van der Waals surface area (Å²) >= 11 is 0. The molecule has 0 N–H and O–H groups in total. The van der Waals surface area contributed by atoms with Crippen LogP contribution in [-0.4, -0.2) is 6.98 Å². The minimum Gasteiger partial charge on any atom is -0.449 e. The standard InChI is InChI=1S/C8H13BF3/c10-9(11,12)7-6-8(7)4-2-1-3-5-8/h7H,1-6H2/q-1. The highest BCUT2D eigenvalue weighted by molar-refractivity contribution is 6.61. The largest absolute Gasteiger partial charge is 0.481 e. The van der Waals surface area contributed by atoms with Gasteiger partial charge in [-0.3, -0.25) is 0 Å². The SMILES string of the molecule is F[B-](F)(F)C1CC12CCCCC2. The van der Waals surface area contributed by atoms with Gasteiger partial charge < -0.3 is 12.9 Å². The molecule has 0 aromatic heterocycles. The molecule has 0 heterocycles. The molecule has 0 nitrogen and oxygen atoms in total. The van der Waals surface area contributed by atoms with Crippen molar-refractivity contribution >= 4 is 6.98 Å². The van der Waals surface area contributed by atoms with Gasteiger partial charge in [0.25, 0.3) is 0 Å². The Morgan fingerprint density at radius 3 is 2.00 bits per heavy atom. The van der Waals surface area contributed by atoms with E-state index in [1.165, 1.54) is 0 Å². The third kappa shape index (κ3) is 1.25. The molecular weight excluding hydrogens is 164 g/mol. The van der Waals surface area contributed by atoms with Gasteiger partial charge in [-0.25, -0.2) is 0 Å². The zero-order valence-electron chi connectivity index (χ0n) is 7.03. The average Bonchev–Trinajstić information content (AvgIpc) is 2.65. The van der Waals surface area contributed by atoms with Crippen LogP contribution in [0, 0.1) is 5.41 Å². The molecule has 1 atom stereocenters. The molecule has 2 saturated carbocycles.